The maximum Gasteiger partial charge on any atom is 0.250 e. The van der Waals surface area contributed by atoms with Crippen LogP contribution < -0.4 is 5.43 Å². The third-order valence-electron chi connectivity index (χ3n) is 4.33. The molecule has 3 aromatic carbocycles. The predicted octanol–water partition coefficient (Wildman–Crippen LogP) is 5.08. The lowest BCUT2D eigenvalue weighted by Gasteiger charge is -2.10. The summed E-state index contributed by atoms with van der Waals surface area (Å²) in [7, 11) is 0. The maximum atomic E-state index is 13.2. The second-order valence-corrected chi connectivity index (χ2v) is 8.48. The lowest BCUT2D eigenvalue weighted by Crippen LogP contribution is -2.20. The fourth-order valence-electron chi connectivity index (χ4n) is 2.89. The van der Waals surface area contributed by atoms with E-state index in [1.807, 2.05) is 59.2 Å². The van der Waals surface area contributed by atoms with Crippen molar-refractivity contribution in [3.05, 3.63) is 94.7 Å². The number of halogens is 2. The highest BCUT2D eigenvalue weighted by Gasteiger charge is 2.17. The highest BCUT2D eigenvalue weighted by molar-refractivity contribution is 9.10. The first-order valence-corrected chi connectivity index (χ1v) is 11.3. The molecule has 0 atom stereocenters. The number of rotatable bonds is 7. The smallest absolute Gasteiger partial charge is 0.250 e. The zero-order valence-electron chi connectivity index (χ0n) is 16.7. The molecule has 0 fully saturated rings. The molecule has 32 heavy (non-hydrogen) atoms. The number of nitrogens with one attached hydrogen (secondary N) is 1. The summed E-state index contributed by atoms with van der Waals surface area (Å²) in [6, 6.07) is 23.5. The number of hydrogen-bond acceptors (Lipinski definition) is 5. The molecule has 160 valence electrons. The Bertz CT molecular complexity index is 1240. The molecule has 6 nitrogen and oxygen atoms in total. The number of hydrogen-bond donors (Lipinski definition) is 1. The van der Waals surface area contributed by atoms with Gasteiger partial charge in [-0.15, -0.1) is 10.2 Å². The van der Waals surface area contributed by atoms with Gasteiger partial charge in [0.15, 0.2) is 11.0 Å². The molecule has 1 N–H and O–H groups in total. The third-order valence-corrected chi connectivity index (χ3v) is 5.79. The van der Waals surface area contributed by atoms with E-state index < -0.39 is 0 Å². The molecule has 0 aliphatic rings. The Morgan fingerprint density at radius 3 is 2.59 bits per heavy atom. The van der Waals surface area contributed by atoms with Crippen LogP contribution in [0.2, 0.25) is 0 Å². The number of amides is 1. The van der Waals surface area contributed by atoms with Crippen molar-refractivity contribution in [1.82, 2.24) is 20.2 Å². The molecule has 0 saturated heterocycles. The SMILES string of the molecule is O=C(CSc1nnc(-c2ccc(Br)cc2)n1-c1ccccc1)NN=Cc1cccc(F)c1. The average molecular weight is 510 g/mol. The van der Waals surface area contributed by atoms with Gasteiger partial charge in [-0.05, 0) is 42.0 Å². The zero-order valence-corrected chi connectivity index (χ0v) is 19.1. The second-order valence-electron chi connectivity index (χ2n) is 6.62. The van der Waals surface area contributed by atoms with Crippen molar-refractivity contribution in [2.45, 2.75) is 5.16 Å². The van der Waals surface area contributed by atoms with Crippen LogP contribution in [0.15, 0.2) is 93.6 Å². The van der Waals surface area contributed by atoms with Gasteiger partial charge in [-0.1, -0.05) is 70.2 Å². The van der Waals surface area contributed by atoms with Gasteiger partial charge in [-0.2, -0.15) is 5.10 Å². The van der Waals surface area contributed by atoms with Crippen LogP contribution in [0.5, 0.6) is 0 Å². The van der Waals surface area contributed by atoms with Crippen molar-refractivity contribution >= 4 is 39.8 Å². The first-order chi connectivity index (χ1) is 15.6. The normalized spacial score (nSPS) is 11.1. The van der Waals surface area contributed by atoms with E-state index in [4.69, 9.17) is 0 Å². The number of hydrazone groups is 1. The molecule has 4 rings (SSSR count). The molecule has 0 aliphatic heterocycles. The Morgan fingerprint density at radius 1 is 1.06 bits per heavy atom. The maximum absolute atomic E-state index is 13.2. The Kier molecular flexibility index (Phi) is 7.08. The number of benzene rings is 3. The van der Waals surface area contributed by atoms with Crippen LogP contribution in [-0.2, 0) is 4.79 Å². The second kappa shape index (κ2) is 10.3. The molecule has 0 radical (unpaired) electrons. The zero-order chi connectivity index (χ0) is 22.3. The van der Waals surface area contributed by atoms with Crippen LogP contribution in [0.1, 0.15) is 5.56 Å². The summed E-state index contributed by atoms with van der Waals surface area (Å²) in [6.07, 6.45) is 1.39. The molecule has 1 aromatic heterocycles. The number of carbonyl (C=O) groups excluding carboxylic acids is 1. The quantitative estimate of drug-likeness (QED) is 0.214. The molecule has 0 bridgehead atoms. The van der Waals surface area contributed by atoms with Gasteiger partial charge in [-0.25, -0.2) is 9.82 Å². The summed E-state index contributed by atoms with van der Waals surface area (Å²) in [5.41, 5.74) is 4.80. The van der Waals surface area contributed by atoms with Crippen molar-refractivity contribution in [3.8, 4) is 17.1 Å². The first-order valence-electron chi connectivity index (χ1n) is 9.57. The number of carbonyl (C=O) groups is 1. The Morgan fingerprint density at radius 2 is 1.84 bits per heavy atom. The lowest BCUT2D eigenvalue weighted by atomic mass is 10.2. The highest BCUT2D eigenvalue weighted by Crippen LogP contribution is 2.28. The van der Waals surface area contributed by atoms with Crippen LogP contribution in [0.4, 0.5) is 4.39 Å². The minimum absolute atomic E-state index is 0.0891. The first kappa shape index (κ1) is 21.9. The van der Waals surface area contributed by atoms with Crippen LogP contribution in [0.25, 0.3) is 17.1 Å². The molecule has 4 aromatic rings. The molecule has 1 amide bonds. The van der Waals surface area contributed by atoms with Crippen molar-refractivity contribution in [2.75, 3.05) is 5.75 Å². The topological polar surface area (TPSA) is 72.2 Å². The van der Waals surface area contributed by atoms with Crippen molar-refractivity contribution in [3.63, 3.8) is 0 Å². The third kappa shape index (κ3) is 5.49. The summed E-state index contributed by atoms with van der Waals surface area (Å²) < 4.78 is 16.1. The van der Waals surface area contributed by atoms with Gasteiger partial charge < -0.3 is 0 Å². The van der Waals surface area contributed by atoms with E-state index in [9.17, 15) is 9.18 Å². The van der Waals surface area contributed by atoms with E-state index in [0.29, 0.717) is 16.5 Å². The summed E-state index contributed by atoms with van der Waals surface area (Å²) in [5.74, 6) is 0.0926. The molecule has 9 heteroatoms. The monoisotopic (exact) mass is 509 g/mol. The van der Waals surface area contributed by atoms with Gasteiger partial charge >= 0.3 is 0 Å². The van der Waals surface area contributed by atoms with E-state index in [2.05, 4.69) is 36.7 Å². The van der Waals surface area contributed by atoms with Crippen molar-refractivity contribution in [1.29, 1.82) is 0 Å². The van der Waals surface area contributed by atoms with Crippen LogP contribution in [-0.4, -0.2) is 32.6 Å². The van der Waals surface area contributed by atoms with E-state index in [0.717, 1.165) is 15.7 Å². The Hall–Kier alpha value is -3.30. The average Bonchev–Trinajstić information content (AvgIpc) is 3.23. The van der Waals surface area contributed by atoms with Gasteiger partial charge in [-0.3, -0.25) is 9.36 Å². The summed E-state index contributed by atoms with van der Waals surface area (Å²) in [4.78, 5) is 12.3. The molecular weight excluding hydrogens is 493 g/mol. The number of aromatic nitrogens is 3. The van der Waals surface area contributed by atoms with Crippen LogP contribution in [0, 0.1) is 5.82 Å². The minimum Gasteiger partial charge on any atom is -0.272 e. The summed E-state index contributed by atoms with van der Waals surface area (Å²) >= 11 is 4.70. The van der Waals surface area contributed by atoms with Crippen LogP contribution >= 0.6 is 27.7 Å². The number of nitrogens with zero attached hydrogens (tertiary/aromatic N) is 4. The molecule has 0 aliphatic carbocycles. The number of thioether (sulfide) groups is 1. The van der Waals surface area contributed by atoms with Crippen molar-refractivity contribution < 1.29 is 9.18 Å². The molecule has 1 heterocycles. The molecule has 0 spiro atoms. The molecule has 0 unspecified atom stereocenters. The fourth-order valence-corrected chi connectivity index (χ4v) is 3.90. The fraction of sp³-hybridized carbons (Fsp3) is 0.0435. The Labute approximate surface area is 196 Å². The van der Waals surface area contributed by atoms with Gasteiger partial charge in [0, 0.05) is 15.7 Å². The predicted molar refractivity (Wildman–Crippen MR) is 127 cm³/mol. The number of para-hydroxylation sites is 1. The van der Waals surface area contributed by atoms with E-state index in [-0.39, 0.29) is 17.5 Å². The summed E-state index contributed by atoms with van der Waals surface area (Å²) in [5, 5.41) is 13.1. The Balaban J connectivity index is 1.49. The van der Waals surface area contributed by atoms with Crippen LogP contribution in [0.3, 0.4) is 0 Å². The van der Waals surface area contributed by atoms with Gasteiger partial charge in [0.05, 0.1) is 12.0 Å². The standard InChI is InChI=1S/C23H17BrFN5OS/c24-18-11-9-17(10-12-18)22-28-29-23(30(22)20-7-2-1-3-8-20)32-15-21(31)27-26-14-16-5-4-6-19(25)13-16/h1-14H,15H2,(H,27,31). The lowest BCUT2D eigenvalue weighted by molar-refractivity contribution is -0.118. The van der Waals surface area contributed by atoms with E-state index in [1.54, 1.807) is 12.1 Å². The summed E-state index contributed by atoms with van der Waals surface area (Å²) in [6.45, 7) is 0. The van der Waals surface area contributed by atoms with Gasteiger partial charge in [0.2, 0.25) is 0 Å². The molecule has 0 saturated carbocycles. The largest absolute Gasteiger partial charge is 0.272 e. The van der Waals surface area contributed by atoms with Gasteiger partial charge in [0.25, 0.3) is 5.91 Å². The van der Waals surface area contributed by atoms with E-state index >= 15 is 0 Å². The minimum atomic E-state index is -0.363. The molecular formula is C23H17BrFN5OS. The van der Waals surface area contributed by atoms with Crippen molar-refractivity contribution in [2.24, 2.45) is 5.10 Å². The van der Waals surface area contributed by atoms with E-state index in [1.165, 1.54) is 30.1 Å². The van der Waals surface area contributed by atoms with Gasteiger partial charge in [0.1, 0.15) is 5.82 Å². The highest BCUT2D eigenvalue weighted by atomic mass is 79.9.